The van der Waals surface area contributed by atoms with Crippen LogP contribution in [0.5, 0.6) is 0 Å². The van der Waals surface area contributed by atoms with Crippen LogP contribution in [-0.2, 0) is 11.8 Å². The molecule has 1 saturated heterocycles. The molecule has 0 aliphatic carbocycles. The maximum atomic E-state index is 12.3. The third-order valence-corrected chi connectivity index (χ3v) is 5.82. The van der Waals surface area contributed by atoms with E-state index in [1.165, 1.54) is 34.1 Å². The molecule has 5 nitrogen and oxygen atoms in total. The number of nitrogens with zero attached hydrogens (tertiary/aromatic N) is 3. The van der Waals surface area contributed by atoms with Crippen LogP contribution in [0.3, 0.4) is 0 Å². The average Bonchev–Trinajstić information content (AvgIpc) is 2.97. The minimum Gasteiger partial charge on any atom is -0.342 e. The van der Waals surface area contributed by atoms with Gasteiger partial charge in [-0.3, -0.25) is 14.2 Å². The number of piperidine rings is 1. The first-order valence-electron chi connectivity index (χ1n) is 7.41. The fourth-order valence-corrected chi connectivity index (χ4v) is 4.42. The molecule has 1 atom stereocenters. The second-order valence-electron chi connectivity index (χ2n) is 5.77. The smallest absolute Gasteiger partial charge is 0.262 e. The lowest BCUT2D eigenvalue weighted by Crippen LogP contribution is -2.40. The normalized spacial score (nSPS) is 18.8. The van der Waals surface area contributed by atoms with Crippen LogP contribution in [0.15, 0.2) is 21.4 Å². The molecule has 1 amide bonds. The number of likely N-dealkylation sites (tertiary alicyclic amines) is 1. The van der Waals surface area contributed by atoms with Crippen LogP contribution < -0.4 is 5.56 Å². The Labute approximate surface area is 137 Å². The fourth-order valence-electron chi connectivity index (χ4n) is 2.74. The van der Waals surface area contributed by atoms with Gasteiger partial charge in [0.2, 0.25) is 5.91 Å². The highest BCUT2D eigenvalue weighted by molar-refractivity contribution is 7.99. The molecular formula is C15H19N3O2S2. The number of hydrogen-bond acceptors (Lipinski definition) is 5. The van der Waals surface area contributed by atoms with E-state index in [9.17, 15) is 9.59 Å². The molecule has 2 aromatic rings. The summed E-state index contributed by atoms with van der Waals surface area (Å²) in [6.07, 6.45) is 2.28. The molecule has 2 aromatic heterocycles. The zero-order valence-electron chi connectivity index (χ0n) is 12.7. The van der Waals surface area contributed by atoms with Crippen LogP contribution in [0.1, 0.15) is 19.8 Å². The van der Waals surface area contributed by atoms with E-state index >= 15 is 0 Å². The number of fused-ring (bicyclic) bond motifs is 1. The summed E-state index contributed by atoms with van der Waals surface area (Å²) in [5.74, 6) is 1.05. The van der Waals surface area contributed by atoms with Gasteiger partial charge in [0.05, 0.1) is 11.1 Å². The van der Waals surface area contributed by atoms with E-state index < -0.39 is 0 Å². The lowest BCUT2D eigenvalue weighted by molar-refractivity contribution is -0.130. The van der Waals surface area contributed by atoms with Crippen molar-refractivity contribution < 1.29 is 4.79 Å². The van der Waals surface area contributed by atoms with E-state index in [2.05, 4.69) is 11.9 Å². The van der Waals surface area contributed by atoms with Gasteiger partial charge in [-0.05, 0) is 30.2 Å². The Bertz CT molecular complexity index is 753. The first kappa shape index (κ1) is 15.6. The number of amides is 1. The highest BCUT2D eigenvalue weighted by Crippen LogP contribution is 2.22. The maximum Gasteiger partial charge on any atom is 0.262 e. The first-order chi connectivity index (χ1) is 10.6. The maximum absolute atomic E-state index is 12.3. The first-order valence-corrected chi connectivity index (χ1v) is 9.27. The Morgan fingerprint density at radius 3 is 3.14 bits per heavy atom. The molecule has 1 aliphatic heterocycles. The summed E-state index contributed by atoms with van der Waals surface area (Å²) in [6, 6.07) is 1.80. The second kappa shape index (κ2) is 6.42. The van der Waals surface area contributed by atoms with Gasteiger partial charge in [0.15, 0.2) is 5.16 Å². The average molecular weight is 337 g/mol. The van der Waals surface area contributed by atoms with Gasteiger partial charge in [-0.25, -0.2) is 4.98 Å². The molecule has 0 saturated carbocycles. The van der Waals surface area contributed by atoms with Gasteiger partial charge in [0.25, 0.3) is 5.56 Å². The Hall–Kier alpha value is -1.34. The minimum atomic E-state index is -0.0483. The Morgan fingerprint density at radius 1 is 1.55 bits per heavy atom. The van der Waals surface area contributed by atoms with Crippen molar-refractivity contribution >= 4 is 39.2 Å². The SMILES string of the molecule is CC1CCCN(C(=O)CSc2nc3sccc3c(=O)n2C)C1. The van der Waals surface area contributed by atoms with Gasteiger partial charge in [-0.1, -0.05) is 18.7 Å². The van der Waals surface area contributed by atoms with Gasteiger partial charge in [0, 0.05) is 20.1 Å². The van der Waals surface area contributed by atoms with Crippen molar-refractivity contribution in [2.75, 3.05) is 18.8 Å². The highest BCUT2D eigenvalue weighted by atomic mass is 32.2. The topological polar surface area (TPSA) is 55.2 Å². The standard InChI is InChI=1S/C15H19N3O2S2/c1-10-4-3-6-18(8-10)12(19)9-22-15-16-13-11(5-7-21-13)14(20)17(15)2/h5,7,10H,3-4,6,8-9H2,1-2H3. The second-order valence-corrected chi connectivity index (χ2v) is 7.61. The number of hydrogen-bond donors (Lipinski definition) is 0. The van der Waals surface area contributed by atoms with E-state index in [1.807, 2.05) is 10.3 Å². The molecule has 0 aromatic carbocycles. The molecule has 118 valence electrons. The molecule has 0 spiro atoms. The summed E-state index contributed by atoms with van der Waals surface area (Å²) in [6.45, 7) is 3.87. The Kier molecular flexibility index (Phi) is 4.54. The number of thioether (sulfide) groups is 1. The monoisotopic (exact) mass is 337 g/mol. The van der Waals surface area contributed by atoms with Gasteiger partial charge in [0.1, 0.15) is 4.83 Å². The predicted molar refractivity (Wildman–Crippen MR) is 90.6 cm³/mol. The lowest BCUT2D eigenvalue weighted by atomic mass is 10.0. The number of aromatic nitrogens is 2. The van der Waals surface area contributed by atoms with Crippen LogP contribution in [0, 0.1) is 5.92 Å². The number of rotatable bonds is 3. The molecule has 1 unspecified atom stereocenters. The van der Waals surface area contributed by atoms with Crippen LogP contribution in [0.25, 0.3) is 10.2 Å². The van der Waals surface area contributed by atoms with E-state index in [1.54, 1.807) is 13.1 Å². The molecule has 1 aliphatic rings. The van der Waals surface area contributed by atoms with Crippen molar-refractivity contribution in [3.8, 4) is 0 Å². The summed E-state index contributed by atoms with van der Waals surface area (Å²) < 4.78 is 1.53. The van der Waals surface area contributed by atoms with Crippen LogP contribution in [0.2, 0.25) is 0 Å². The predicted octanol–water partition coefficient (Wildman–Crippen LogP) is 2.35. The third-order valence-electron chi connectivity index (χ3n) is 4.00. The highest BCUT2D eigenvalue weighted by Gasteiger charge is 2.21. The summed E-state index contributed by atoms with van der Waals surface area (Å²) in [7, 11) is 1.71. The van der Waals surface area contributed by atoms with Gasteiger partial charge in [-0.2, -0.15) is 0 Å². The molecule has 0 N–H and O–H groups in total. The minimum absolute atomic E-state index is 0.0483. The summed E-state index contributed by atoms with van der Waals surface area (Å²) >= 11 is 2.80. The van der Waals surface area contributed by atoms with E-state index in [-0.39, 0.29) is 11.5 Å². The Morgan fingerprint density at radius 2 is 2.36 bits per heavy atom. The van der Waals surface area contributed by atoms with E-state index in [0.29, 0.717) is 22.2 Å². The number of carbonyl (C=O) groups excluding carboxylic acids is 1. The quantitative estimate of drug-likeness (QED) is 0.637. The van der Waals surface area contributed by atoms with Crippen molar-refractivity contribution in [2.24, 2.45) is 13.0 Å². The van der Waals surface area contributed by atoms with Crippen molar-refractivity contribution in [1.82, 2.24) is 14.5 Å². The van der Waals surface area contributed by atoms with Gasteiger partial charge in [-0.15, -0.1) is 11.3 Å². The van der Waals surface area contributed by atoms with Gasteiger partial charge >= 0.3 is 0 Å². The van der Waals surface area contributed by atoms with Crippen LogP contribution in [0.4, 0.5) is 0 Å². The zero-order valence-corrected chi connectivity index (χ0v) is 14.4. The summed E-state index contributed by atoms with van der Waals surface area (Å²) in [5.41, 5.74) is -0.0483. The molecular weight excluding hydrogens is 318 g/mol. The van der Waals surface area contributed by atoms with Crippen molar-refractivity contribution in [2.45, 2.75) is 24.9 Å². The number of thiophene rings is 1. The summed E-state index contributed by atoms with van der Waals surface area (Å²) in [5, 5.41) is 3.12. The fraction of sp³-hybridized carbons (Fsp3) is 0.533. The zero-order chi connectivity index (χ0) is 15.7. The third kappa shape index (κ3) is 3.05. The lowest BCUT2D eigenvalue weighted by Gasteiger charge is -2.30. The van der Waals surface area contributed by atoms with Crippen LogP contribution in [-0.4, -0.2) is 39.2 Å². The number of carbonyl (C=O) groups is 1. The Balaban J connectivity index is 1.72. The molecule has 0 bridgehead atoms. The molecule has 22 heavy (non-hydrogen) atoms. The van der Waals surface area contributed by atoms with Crippen molar-refractivity contribution in [3.63, 3.8) is 0 Å². The van der Waals surface area contributed by atoms with Crippen molar-refractivity contribution in [1.29, 1.82) is 0 Å². The molecule has 7 heteroatoms. The molecule has 3 rings (SSSR count). The molecule has 0 radical (unpaired) electrons. The summed E-state index contributed by atoms with van der Waals surface area (Å²) in [4.78, 5) is 31.7. The van der Waals surface area contributed by atoms with Crippen LogP contribution >= 0.6 is 23.1 Å². The van der Waals surface area contributed by atoms with E-state index in [4.69, 9.17) is 0 Å². The van der Waals surface area contributed by atoms with Gasteiger partial charge < -0.3 is 4.90 Å². The molecule has 3 heterocycles. The van der Waals surface area contributed by atoms with Crippen molar-refractivity contribution in [3.05, 3.63) is 21.8 Å². The molecule has 1 fully saturated rings. The van der Waals surface area contributed by atoms with E-state index in [0.717, 1.165) is 24.3 Å². The largest absolute Gasteiger partial charge is 0.342 e.